The van der Waals surface area contributed by atoms with Gasteiger partial charge >= 0.3 is 0 Å². The minimum Gasteiger partial charge on any atom is -0.339 e. The van der Waals surface area contributed by atoms with Crippen LogP contribution in [0.1, 0.15) is 13.8 Å². The highest BCUT2D eigenvalue weighted by molar-refractivity contribution is 7.99. The van der Waals surface area contributed by atoms with Gasteiger partial charge in [-0.25, -0.2) is 8.42 Å². The zero-order valence-corrected chi connectivity index (χ0v) is 27.4. The summed E-state index contributed by atoms with van der Waals surface area (Å²) in [6.45, 7) is 7.04. The van der Waals surface area contributed by atoms with Gasteiger partial charge in [-0.2, -0.15) is 0 Å². The first-order valence-electron chi connectivity index (χ1n) is 14.8. The van der Waals surface area contributed by atoms with Crippen LogP contribution in [0.3, 0.4) is 0 Å². The van der Waals surface area contributed by atoms with Gasteiger partial charge in [0.05, 0.1) is 32.5 Å². The summed E-state index contributed by atoms with van der Waals surface area (Å²) in [6, 6.07) is 28.8. The smallest absolute Gasteiger partial charge is 0.210 e. The molecule has 2 aliphatic rings. The maximum absolute atomic E-state index is 13.8. The van der Waals surface area contributed by atoms with Crippen LogP contribution >= 0.6 is 11.8 Å². The number of fused-ring (bicyclic) bond motifs is 4. The molecule has 4 aromatic rings. The second-order valence-corrected chi connectivity index (χ2v) is 15.3. The van der Waals surface area contributed by atoms with Crippen LogP contribution in [0.25, 0.3) is 11.1 Å². The van der Waals surface area contributed by atoms with E-state index in [4.69, 9.17) is 0 Å². The second-order valence-electron chi connectivity index (χ2n) is 12.4. The third kappa shape index (κ3) is 5.57. The van der Waals surface area contributed by atoms with E-state index in [0.717, 1.165) is 35.6 Å². The van der Waals surface area contributed by atoms with Gasteiger partial charge in [-0.1, -0.05) is 55.1 Å². The molecule has 6 nitrogen and oxygen atoms in total. The van der Waals surface area contributed by atoms with Gasteiger partial charge in [-0.3, -0.25) is 0 Å². The van der Waals surface area contributed by atoms with Gasteiger partial charge in [-0.05, 0) is 101 Å². The Bertz CT molecular complexity index is 1770. The number of nitrogens with zero attached hydrogens (tertiary/aromatic N) is 4. The lowest BCUT2D eigenvalue weighted by Gasteiger charge is -2.38. The van der Waals surface area contributed by atoms with Gasteiger partial charge in [0.2, 0.25) is 9.84 Å². The minimum absolute atomic E-state index is 0.255. The topological polar surface area (TPSA) is 47.1 Å². The zero-order valence-electron chi connectivity index (χ0n) is 25.8. The fraction of sp³-hybridized carbons (Fsp3) is 0.314. The first-order valence-corrected chi connectivity index (χ1v) is 17.1. The van der Waals surface area contributed by atoms with E-state index in [1.54, 1.807) is 23.9 Å². The Morgan fingerprint density at radius 1 is 0.674 bits per heavy atom. The number of anilines is 4. The molecule has 2 unspecified atom stereocenters. The van der Waals surface area contributed by atoms with E-state index in [1.165, 1.54) is 21.2 Å². The molecule has 2 heterocycles. The highest BCUT2D eigenvalue weighted by atomic mass is 32.2. The molecule has 0 bridgehead atoms. The number of para-hydroxylation sites is 2. The fourth-order valence-electron chi connectivity index (χ4n) is 6.53. The Kier molecular flexibility index (Phi) is 8.07. The summed E-state index contributed by atoms with van der Waals surface area (Å²) in [5.41, 5.74) is 5.98. The summed E-state index contributed by atoms with van der Waals surface area (Å²) in [4.78, 5) is 12.3. The van der Waals surface area contributed by atoms with Crippen LogP contribution in [0, 0.1) is 5.92 Å². The number of likely N-dealkylation sites (N-methyl/N-ethyl adjacent to an activating group) is 1. The molecule has 0 aliphatic carbocycles. The molecule has 43 heavy (non-hydrogen) atoms. The third-order valence-electron chi connectivity index (χ3n) is 8.12. The summed E-state index contributed by atoms with van der Waals surface area (Å²) in [6.07, 6.45) is 0. The standard InChI is InChI=1S/C35H40N4O2S2/c1-24(21-36(3)4)22-38-29-12-8-10-14-34(29)43(40,41)35-18-16-27(20-31(35)38)26-15-17-33-30(19-26)39(25(2)23-37(5)6)28-11-7-9-13-32(28)42-33/h7-20,24-25H,21-23H2,1-6H3. The first-order chi connectivity index (χ1) is 20.5. The Labute approximate surface area is 260 Å². The molecule has 2 aliphatic heterocycles. The average molecular weight is 613 g/mol. The van der Waals surface area contributed by atoms with Crippen molar-refractivity contribution >= 4 is 44.3 Å². The van der Waals surface area contributed by atoms with E-state index < -0.39 is 9.84 Å². The Balaban J connectivity index is 1.46. The van der Waals surface area contributed by atoms with Crippen LogP contribution in [-0.2, 0) is 9.84 Å². The van der Waals surface area contributed by atoms with Crippen LogP contribution in [0.15, 0.2) is 105 Å². The van der Waals surface area contributed by atoms with Gasteiger partial charge < -0.3 is 19.6 Å². The number of hydrogen-bond donors (Lipinski definition) is 0. The van der Waals surface area contributed by atoms with Crippen LogP contribution < -0.4 is 9.80 Å². The fourth-order valence-corrected chi connectivity index (χ4v) is 9.22. The lowest BCUT2D eigenvalue weighted by molar-refractivity contribution is 0.342. The molecule has 0 radical (unpaired) electrons. The summed E-state index contributed by atoms with van der Waals surface area (Å²) in [7, 11) is 4.74. The molecule has 0 saturated carbocycles. The summed E-state index contributed by atoms with van der Waals surface area (Å²) in [5.74, 6) is 0.327. The molecular formula is C35H40N4O2S2. The summed E-state index contributed by atoms with van der Waals surface area (Å²) >= 11 is 1.81. The maximum atomic E-state index is 13.8. The SMILES string of the molecule is CC(CN(C)C)CN1c2ccccc2S(=O)(=O)c2ccc(-c3ccc4c(c3)N(C(C)CN(C)C)c3ccccc3S4)cc21. The molecule has 0 amide bonds. The Hall–Kier alpha value is -3.30. The van der Waals surface area contributed by atoms with E-state index in [2.05, 4.69) is 110 Å². The largest absolute Gasteiger partial charge is 0.339 e. The minimum atomic E-state index is -3.64. The van der Waals surface area contributed by atoms with E-state index in [1.807, 2.05) is 24.3 Å². The molecule has 224 valence electrons. The lowest BCUT2D eigenvalue weighted by atomic mass is 10.0. The van der Waals surface area contributed by atoms with Gasteiger partial charge in [0, 0.05) is 35.5 Å². The molecule has 0 N–H and O–H groups in total. The van der Waals surface area contributed by atoms with Crippen molar-refractivity contribution in [1.29, 1.82) is 0 Å². The van der Waals surface area contributed by atoms with Crippen molar-refractivity contribution in [2.75, 3.05) is 57.6 Å². The van der Waals surface area contributed by atoms with Crippen molar-refractivity contribution in [3.8, 4) is 11.1 Å². The summed E-state index contributed by atoms with van der Waals surface area (Å²) in [5, 5.41) is 0. The number of rotatable bonds is 8. The predicted octanol–water partition coefficient (Wildman–Crippen LogP) is 7.39. The van der Waals surface area contributed by atoms with Crippen LogP contribution in [0.2, 0.25) is 0 Å². The lowest BCUT2D eigenvalue weighted by Crippen LogP contribution is -2.38. The molecule has 4 aromatic carbocycles. The van der Waals surface area contributed by atoms with Crippen LogP contribution in [0.5, 0.6) is 0 Å². The maximum Gasteiger partial charge on any atom is 0.210 e. The van der Waals surface area contributed by atoms with E-state index in [9.17, 15) is 8.42 Å². The van der Waals surface area contributed by atoms with Gasteiger partial charge in [0.25, 0.3) is 0 Å². The molecule has 0 fully saturated rings. The predicted molar refractivity (Wildman–Crippen MR) is 179 cm³/mol. The molecule has 6 rings (SSSR count). The van der Waals surface area contributed by atoms with Crippen LogP contribution in [0.4, 0.5) is 22.7 Å². The number of sulfone groups is 1. The quantitative estimate of drug-likeness (QED) is 0.206. The monoisotopic (exact) mass is 612 g/mol. The molecule has 8 heteroatoms. The molecule has 0 spiro atoms. The highest BCUT2D eigenvalue weighted by Crippen LogP contribution is 2.51. The Morgan fingerprint density at radius 3 is 1.98 bits per heavy atom. The van der Waals surface area contributed by atoms with Crippen molar-refractivity contribution in [2.45, 2.75) is 39.5 Å². The first kappa shape index (κ1) is 29.8. The van der Waals surface area contributed by atoms with Crippen molar-refractivity contribution in [1.82, 2.24) is 9.80 Å². The normalized spacial score (nSPS) is 16.4. The molecule has 0 aromatic heterocycles. The number of benzene rings is 4. The van der Waals surface area contributed by atoms with E-state index in [0.29, 0.717) is 22.3 Å². The number of hydrogen-bond acceptors (Lipinski definition) is 7. The van der Waals surface area contributed by atoms with E-state index >= 15 is 0 Å². The van der Waals surface area contributed by atoms with E-state index in [-0.39, 0.29) is 6.04 Å². The van der Waals surface area contributed by atoms with Crippen molar-refractivity contribution in [3.05, 3.63) is 84.9 Å². The van der Waals surface area contributed by atoms with Crippen LogP contribution in [-0.4, -0.2) is 72.1 Å². The highest BCUT2D eigenvalue weighted by Gasteiger charge is 2.35. The molecule has 0 saturated heterocycles. The van der Waals surface area contributed by atoms with Crippen molar-refractivity contribution in [2.24, 2.45) is 5.92 Å². The average Bonchev–Trinajstić information content (AvgIpc) is 2.97. The van der Waals surface area contributed by atoms with Gasteiger partial charge in [0.15, 0.2) is 0 Å². The summed E-state index contributed by atoms with van der Waals surface area (Å²) < 4.78 is 27.6. The van der Waals surface area contributed by atoms with Crippen molar-refractivity contribution < 1.29 is 8.42 Å². The Morgan fingerprint density at radius 2 is 1.26 bits per heavy atom. The van der Waals surface area contributed by atoms with Crippen molar-refractivity contribution in [3.63, 3.8) is 0 Å². The molecular weight excluding hydrogens is 573 g/mol. The zero-order chi connectivity index (χ0) is 30.5. The molecule has 2 atom stereocenters. The van der Waals surface area contributed by atoms with Gasteiger partial charge in [-0.15, -0.1) is 0 Å². The third-order valence-corrected chi connectivity index (χ3v) is 11.1. The van der Waals surface area contributed by atoms with Gasteiger partial charge in [0.1, 0.15) is 0 Å². The second kappa shape index (κ2) is 11.7.